The molecule has 1 aromatic rings. The Balaban J connectivity index is 1.88. The minimum atomic E-state index is -0.513. The molecule has 0 fully saturated rings. The molecule has 122 valence electrons. The van der Waals surface area contributed by atoms with Gasteiger partial charge in [0.05, 0.1) is 16.2 Å². The number of benzene rings is 1. The molecule has 2 aliphatic heterocycles. The van der Waals surface area contributed by atoms with E-state index in [-0.39, 0.29) is 18.1 Å². The summed E-state index contributed by atoms with van der Waals surface area (Å²) in [6, 6.07) is 4.72. The third kappa shape index (κ3) is 1.97. The zero-order valence-electron chi connectivity index (χ0n) is 12.9. The van der Waals surface area contributed by atoms with E-state index in [0.717, 1.165) is 5.70 Å². The van der Waals surface area contributed by atoms with E-state index in [4.69, 9.17) is 4.74 Å². The van der Waals surface area contributed by atoms with Gasteiger partial charge in [-0.3, -0.25) is 14.9 Å². The molecule has 0 saturated heterocycles. The van der Waals surface area contributed by atoms with Crippen molar-refractivity contribution in [1.82, 2.24) is 5.32 Å². The summed E-state index contributed by atoms with van der Waals surface area (Å²) in [5, 5.41) is 14.2. The Bertz CT molecular complexity index is 841. The number of carbonyl (C=O) groups excluding carboxylic acids is 2. The molecule has 1 atom stereocenters. The number of hydrogen-bond acceptors (Lipinski definition) is 6. The van der Waals surface area contributed by atoms with Crippen LogP contribution in [-0.4, -0.2) is 23.3 Å². The molecule has 0 amide bonds. The van der Waals surface area contributed by atoms with Crippen LogP contribution in [-0.2, 0) is 14.3 Å². The van der Waals surface area contributed by atoms with Gasteiger partial charge in [-0.2, -0.15) is 0 Å². The topological polar surface area (TPSA) is 98.5 Å². The van der Waals surface area contributed by atoms with Gasteiger partial charge in [0, 0.05) is 35.2 Å². The van der Waals surface area contributed by atoms with Crippen molar-refractivity contribution in [2.24, 2.45) is 0 Å². The van der Waals surface area contributed by atoms with Gasteiger partial charge in [0.1, 0.15) is 6.61 Å². The molecule has 0 radical (unpaired) electrons. The standard InChI is InChI=1S/C17H14N2O5/c1-8-6-9(2-4-12(8)19(22)23)14-15-10(3-5-13(15)20)18-11-7-24-17(21)16(11)14/h2,4,6,14,18H,3,5,7H2,1H3. The highest BCUT2D eigenvalue weighted by Gasteiger charge is 2.43. The first-order valence-corrected chi connectivity index (χ1v) is 7.65. The van der Waals surface area contributed by atoms with Crippen LogP contribution in [0.5, 0.6) is 0 Å². The van der Waals surface area contributed by atoms with E-state index < -0.39 is 16.8 Å². The molecule has 0 spiro atoms. The second-order valence-corrected chi connectivity index (χ2v) is 6.14. The van der Waals surface area contributed by atoms with Crippen LogP contribution < -0.4 is 5.32 Å². The van der Waals surface area contributed by atoms with Gasteiger partial charge >= 0.3 is 5.97 Å². The molecule has 1 N–H and O–H groups in total. The highest BCUT2D eigenvalue weighted by Crippen LogP contribution is 2.45. The highest BCUT2D eigenvalue weighted by molar-refractivity contribution is 6.05. The van der Waals surface area contributed by atoms with Crippen LogP contribution in [0.2, 0.25) is 0 Å². The summed E-state index contributed by atoms with van der Waals surface area (Å²) in [6.07, 6.45) is 1.03. The first-order valence-electron chi connectivity index (χ1n) is 7.65. The lowest BCUT2D eigenvalue weighted by atomic mass is 9.80. The molecular weight excluding hydrogens is 312 g/mol. The molecule has 7 nitrogen and oxygen atoms in total. The molecule has 1 aliphatic carbocycles. The molecule has 0 saturated carbocycles. The SMILES string of the molecule is Cc1cc(C2C3=C(CCC3=O)NC3=C2C(=O)OC3)ccc1[N+](=O)[O-]. The van der Waals surface area contributed by atoms with E-state index in [2.05, 4.69) is 5.32 Å². The van der Waals surface area contributed by atoms with E-state index in [9.17, 15) is 19.7 Å². The largest absolute Gasteiger partial charge is 0.456 e. The highest BCUT2D eigenvalue weighted by atomic mass is 16.6. The summed E-state index contributed by atoms with van der Waals surface area (Å²) in [5.74, 6) is -0.949. The Hall–Kier alpha value is -2.96. The molecule has 0 aromatic heterocycles. The van der Waals surface area contributed by atoms with Gasteiger partial charge in [-0.15, -0.1) is 0 Å². The number of nitro groups is 1. The van der Waals surface area contributed by atoms with Crippen LogP contribution in [0.3, 0.4) is 0 Å². The summed E-state index contributed by atoms with van der Waals surface area (Å²) in [5.41, 5.74) is 3.76. The number of ether oxygens (including phenoxy) is 1. The van der Waals surface area contributed by atoms with E-state index in [1.807, 2.05) is 0 Å². The number of cyclic esters (lactones) is 1. The number of allylic oxidation sites excluding steroid dienone is 2. The third-order valence-electron chi connectivity index (χ3n) is 4.75. The van der Waals surface area contributed by atoms with E-state index in [1.54, 1.807) is 19.1 Å². The number of esters is 1. The number of nitrogens with zero attached hydrogens (tertiary/aromatic N) is 1. The van der Waals surface area contributed by atoms with E-state index in [1.165, 1.54) is 6.07 Å². The first-order chi connectivity index (χ1) is 11.5. The molecule has 2 heterocycles. The van der Waals surface area contributed by atoms with Gasteiger partial charge in [-0.05, 0) is 25.0 Å². The summed E-state index contributed by atoms with van der Waals surface area (Å²) in [4.78, 5) is 35.1. The second-order valence-electron chi connectivity index (χ2n) is 6.14. The van der Waals surface area contributed by atoms with Gasteiger partial charge in [-0.1, -0.05) is 6.07 Å². The monoisotopic (exact) mass is 326 g/mol. The quantitative estimate of drug-likeness (QED) is 0.507. The Morgan fingerprint density at radius 1 is 1.21 bits per heavy atom. The minimum Gasteiger partial charge on any atom is -0.456 e. The minimum absolute atomic E-state index is 0.00440. The van der Waals surface area contributed by atoms with Crippen LogP contribution in [0.1, 0.15) is 29.9 Å². The molecule has 0 bridgehead atoms. The average Bonchev–Trinajstić information content (AvgIpc) is 3.09. The summed E-state index contributed by atoms with van der Waals surface area (Å²) in [6.45, 7) is 1.82. The molecule has 1 unspecified atom stereocenters. The lowest BCUT2D eigenvalue weighted by Crippen LogP contribution is -2.26. The number of hydrogen-bond donors (Lipinski definition) is 1. The van der Waals surface area contributed by atoms with Crippen molar-refractivity contribution in [2.75, 3.05) is 6.61 Å². The lowest BCUT2D eigenvalue weighted by Gasteiger charge is -2.26. The van der Waals surface area contributed by atoms with Crippen LogP contribution in [0.15, 0.2) is 40.7 Å². The van der Waals surface area contributed by atoms with Gasteiger partial charge < -0.3 is 10.1 Å². The van der Waals surface area contributed by atoms with Crippen molar-refractivity contribution < 1.29 is 19.2 Å². The van der Waals surface area contributed by atoms with Crippen LogP contribution >= 0.6 is 0 Å². The van der Waals surface area contributed by atoms with Crippen molar-refractivity contribution in [3.05, 3.63) is 62.0 Å². The summed E-state index contributed by atoms with van der Waals surface area (Å²) in [7, 11) is 0. The Morgan fingerprint density at radius 3 is 2.71 bits per heavy atom. The predicted octanol–water partition coefficient (Wildman–Crippen LogP) is 2.02. The molecular formula is C17H14N2O5. The van der Waals surface area contributed by atoms with Gasteiger partial charge in [0.2, 0.25) is 0 Å². The fourth-order valence-corrected chi connectivity index (χ4v) is 3.68. The fourth-order valence-electron chi connectivity index (χ4n) is 3.68. The van der Waals surface area contributed by atoms with Crippen LogP contribution in [0.4, 0.5) is 5.69 Å². The summed E-state index contributed by atoms with van der Waals surface area (Å²) < 4.78 is 5.12. The lowest BCUT2D eigenvalue weighted by molar-refractivity contribution is -0.385. The fraction of sp³-hybridized carbons (Fsp3) is 0.294. The predicted molar refractivity (Wildman–Crippen MR) is 83.0 cm³/mol. The molecule has 24 heavy (non-hydrogen) atoms. The zero-order chi connectivity index (χ0) is 17.0. The van der Waals surface area contributed by atoms with E-state index in [0.29, 0.717) is 40.8 Å². The number of rotatable bonds is 2. The van der Waals surface area contributed by atoms with Crippen LogP contribution in [0, 0.1) is 17.0 Å². The maximum atomic E-state index is 12.4. The summed E-state index contributed by atoms with van der Waals surface area (Å²) >= 11 is 0. The molecule has 1 aromatic carbocycles. The average molecular weight is 326 g/mol. The number of nitro benzene ring substituents is 1. The van der Waals surface area contributed by atoms with Crippen molar-refractivity contribution >= 4 is 17.4 Å². The van der Waals surface area contributed by atoms with Gasteiger partial charge in [0.15, 0.2) is 5.78 Å². The number of dihydropyridines is 1. The maximum Gasteiger partial charge on any atom is 0.337 e. The number of Topliss-reactive ketones (excluding diaryl/α,β-unsaturated/α-hetero) is 1. The normalized spacial score (nSPS) is 22.3. The Morgan fingerprint density at radius 2 is 2.00 bits per heavy atom. The molecule has 3 aliphatic rings. The van der Waals surface area contributed by atoms with Gasteiger partial charge in [-0.25, -0.2) is 4.79 Å². The van der Waals surface area contributed by atoms with E-state index >= 15 is 0 Å². The number of aryl methyl sites for hydroxylation is 1. The first kappa shape index (κ1) is 14.6. The molecule has 4 rings (SSSR count). The maximum absolute atomic E-state index is 12.4. The number of ketones is 1. The number of nitrogens with one attached hydrogen (secondary N) is 1. The van der Waals surface area contributed by atoms with Crippen molar-refractivity contribution in [1.29, 1.82) is 0 Å². The Labute approximate surface area is 137 Å². The smallest absolute Gasteiger partial charge is 0.337 e. The van der Waals surface area contributed by atoms with Crippen LogP contribution in [0.25, 0.3) is 0 Å². The second kappa shape index (κ2) is 5.02. The van der Waals surface area contributed by atoms with Gasteiger partial charge in [0.25, 0.3) is 5.69 Å². The third-order valence-corrected chi connectivity index (χ3v) is 4.75. The van der Waals surface area contributed by atoms with Crippen molar-refractivity contribution in [2.45, 2.75) is 25.7 Å². The Kier molecular flexibility index (Phi) is 3.06. The number of carbonyl (C=O) groups is 2. The van der Waals surface area contributed by atoms with Crippen molar-refractivity contribution in [3.63, 3.8) is 0 Å². The zero-order valence-corrected chi connectivity index (χ0v) is 12.9. The van der Waals surface area contributed by atoms with Crippen molar-refractivity contribution in [3.8, 4) is 0 Å². The molecule has 7 heteroatoms.